The maximum absolute atomic E-state index is 12.0. The normalized spacial score (nSPS) is 11.3. The van der Waals surface area contributed by atoms with Crippen molar-refractivity contribution in [3.05, 3.63) is 53.0 Å². The fourth-order valence-electron chi connectivity index (χ4n) is 2.00. The van der Waals surface area contributed by atoms with E-state index in [0.29, 0.717) is 17.1 Å². The highest BCUT2D eigenvalue weighted by Crippen LogP contribution is 2.19. The van der Waals surface area contributed by atoms with Gasteiger partial charge in [0.05, 0.1) is 5.56 Å². The van der Waals surface area contributed by atoms with Gasteiger partial charge >= 0.3 is 6.18 Å². The van der Waals surface area contributed by atoms with Crippen LogP contribution in [0, 0.1) is 13.8 Å². The number of hydrogen-bond donors (Lipinski definition) is 1. The molecule has 0 aliphatic heterocycles. The van der Waals surface area contributed by atoms with Gasteiger partial charge in [-0.15, -0.1) is 0 Å². The van der Waals surface area contributed by atoms with Crippen LogP contribution in [-0.4, -0.2) is 18.7 Å². The van der Waals surface area contributed by atoms with Crippen molar-refractivity contribution >= 4 is 5.91 Å². The number of alkyl halides is 3. The third kappa shape index (κ3) is 5.05. The van der Waals surface area contributed by atoms with Crippen LogP contribution in [0.15, 0.2) is 34.7 Å². The van der Waals surface area contributed by atoms with Crippen molar-refractivity contribution in [2.24, 2.45) is 0 Å². The lowest BCUT2D eigenvalue weighted by Crippen LogP contribution is -2.23. The number of carbonyl (C=O) groups excluding carboxylic acids is 1. The van der Waals surface area contributed by atoms with Crippen molar-refractivity contribution in [3.8, 4) is 5.75 Å². The van der Waals surface area contributed by atoms with Gasteiger partial charge in [-0.2, -0.15) is 13.2 Å². The van der Waals surface area contributed by atoms with Gasteiger partial charge in [-0.05, 0) is 37.6 Å². The zero-order chi connectivity index (χ0) is 17.0. The van der Waals surface area contributed by atoms with Gasteiger partial charge in [0.25, 0.3) is 5.91 Å². The Bertz CT molecular complexity index is 675. The monoisotopic (exact) mass is 327 g/mol. The second-order valence-corrected chi connectivity index (χ2v) is 5.06. The van der Waals surface area contributed by atoms with Gasteiger partial charge in [0, 0.05) is 6.54 Å². The summed E-state index contributed by atoms with van der Waals surface area (Å²) in [6.07, 6.45) is -4.37. The maximum atomic E-state index is 12.0. The van der Waals surface area contributed by atoms with Crippen LogP contribution in [0.4, 0.5) is 13.2 Å². The number of hydrogen-bond acceptors (Lipinski definition) is 3. The first-order valence-corrected chi connectivity index (χ1v) is 6.88. The molecule has 2 aromatic rings. The Kier molecular flexibility index (Phi) is 4.98. The van der Waals surface area contributed by atoms with Crippen molar-refractivity contribution in [2.75, 3.05) is 6.61 Å². The molecule has 1 aromatic carbocycles. The van der Waals surface area contributed by atoms with Crippen molar-refractivity contribution in [2.45, 2.75) is 26.6 Å². The molecule has 0 radical (unpaired) electrons. The van der Waals surface area contributed by atoms with Gasteiger partial charge in [-0.3, -0.25) is 4.79 Å². The molecule has 1 amide bonds. The van der Waals surface area contributed by atoms with Crippen LogP contribution in [0.5, 0.6) is 5.75 Å². The van der Waals surface area contributed by atoms with Gasteiger partial charge in [0.2, 0.25) is 0 Å². The molecule has 1 aromatic heterocycles. The van der Waals surface area contributed by atoms with Gasteiger partial charge < -0.3 is 14.5 Å². The van der Waals surface area contributed by atoms with E-state index in [-0.39, 0.29) is 18.2 Å². The molecular formula is C16H16F3NO3. The third-order valence-corrected chi connectivity index (χ3v) is 3.06. The molecule has 2 rings (SSSR count). The summed E-state index contributed by atoms with van der Waals surface area (Å²) in [5.74, 6) is 1.05. The topological polar surface area (TPSA) is 51.5 Å². The quantitative estimate of drug-likeness (QED) is 0.909. The fourth-order valence-corrected chi connectivity index (χ4v) is 2.00. The number of nitrogens with one attached hydrogen (secondary N) is 1. The Labute approximate surface area is 131 Å². The Hall–Kier alpha value is -2.44. The van der Waals surface area contributed by atoms with Crippen LogP contribution >= 0.6 is 0 Å². The molecule has 0 aliphatic carbocycles. The molecule has 1 heterocycles. The minimum Gasteiger partial charge on any atom is -0.484 e. The number of halogens is 3. The van der Waals surface area contributed by atoms with Crippen LogP contribution in [0.1, 0.15) is 27.4 Å². The lowest BCUT2D eigenvalue weighted by molar-refractivity contribution is -0.153. The molecule has 0 saturated heterocycles. The highest BCUT2D eigenvalue weighted by atomic mass is 19.4. The number of benzene rings is 1. The predicted octanol–water partition coefficient (Wildman–Crippen LogP) is 3.77. The molecule has 0 atom stereocenters. The number of aryl methyl sites for hydroxylation is 2. The van der Waals surface area contributed by atoms with E-state index in [1.165, 1.54) is 12.1 Å². The average Bonchev–Trinajstić information content (AvgIpc) is 2.82. The Morgan fingerprint density at radius 2 is 1.87 bits per heavy atom. The van der Waals surface area contributed by atoms with E-state index in [4.69, 9.17) is 4.42 Å². The minimum atomic E-state index is -4.37. The average molecular weight is 327 g/mol. The lowest BCUT2D eigenvalue weighted by Gasteiger charge is -2.10. The van der Waals surface area contributed by atoms with Crippen LogP contribution in [0.2, 0.25) is 0 Å². The molecule has 124 valence electrons. The van der Waals surface area contributed by atoms with Crippen molar-refractivity contribution < 1.29 is 27.1 Å². The molecule has 0 spiro atoms. The number of furan rings is 1. The summed E-state index contributed by atoms with van der Waals surface area (Å²) in [5, 5.41) is 2.73. The van der Waals surface area contributed by atoms with Crippen molar-refractivity contribution in [1.29, 1.82) is 0 Å². The first-order chi connectivity index (χ1) is 10.7. The molecule has 0 unspecified atom stereocenters. The summed E-state index contributed by atoms with van der Waals surface area (Å²) in [6, 6.07) is 7.71. The Morgan fingerprint density at radius 3 is 2.39 bits per heavy atom. The van der Waals surface area contributed by atoms with Gasteiger partial charge in [0.1, 0.15) is 17.3 Å². The number of amides is 1. The molecule has 0 bridgehead atoms. The van der Waals surface area contributed by atoms with Crippen LogP contribution < -0.4 is 10.1 Å². The standard InChI is InChI=1S/C16H16F3NO3/c1-10-7-14(11(2)23-10)15(21)20-8-12-3-5-13(6-4-12)22-9-16(17,18)19/h3-7H,8-9H2,1-2H3,(H,20,21). The number of rotatable bonds is 5. The largest absolute Gasteiger partial charge is 0.484 e. The summed E-state index contributed by atoms with van der Waals surface area (Å²) in [6.45, 7) is 2.38. The summed E-state index contributed by atoms with van der Waals surface area (Å²) >= 11 is 0. The third-order valence-electron chi connectivity index (χ3n) is 3.06. The van der Waals surface area contributed by atoms with E-state index in [1.54, 1.807) is 32.0 Å². The predicted molar refractivity (Wildman–Crippen MR) is 77.3 cm³/mol. The van der Waals surface area contributed by atoms with Gasteiger partial charge in [0.15, 0.2) is 6.61 Å². The molecule has 23 heavy (non-hydrogen) atoms. The lowest BCUT2D eigenvalue weighted by atomic mass is 10.2. The zero-order valence-electron chi connectivity index (χ0n) is 12.7. The van der Waals surface area contributed by atoms with E-state index in [0.717, 1.165) is 5.56 Å². The first-order valence-electron chi connectivity index (χ1n) is 6.88. The Morgan fingerprint density at radius 1 is 1.22 bits per heavy atom. The second-order valence-electron chi connectivity index (χ2n) is 5.06. The minimum absolute atomic E-state index is 0.124. The highest BCUT2D eigenvalue weighted by Gasteiger charge is 2.28. The van der Waals surface area contributed by atoms with E-state index < -0.39 is 12.8 Å². The summed E-state index contributed by atoms with van der Waals surface area (Å²) in [5.41, 5.74) is 1.21. The second kappa shape index (κ2) is 6.76. The van der Waals surface area contributed by atoms with E-state index in [1.807, 2.05) is 0 Å². The van der Waals surface area contributed by atoms with Gasteiger partial charge in [-0.1, -0.05) is 12.1 Å². The highest BCUT2D eigenvalue weighted by molar-refractivity contribution is 5.95. The molecule has 0 saturated carbocycles. The van der Waals surface area contributed by atoms with Crippen LogP contribution in [0.25, 0.3) is 0 Å². The summed E-state index contributed by atoms with van der Waals surface area (Å²) < 4.78 is 46.0. The molecule has 7 heteroatoms. The number of ether oxygens (including phenoxy) is 1. The summed E-state index contributed by atoms with van der Waals surface area (Å²) in [4.78, 5) is 12.0. The SMILES string of the molecule is Cc1cc(C(=O)NCc2ccc(OCC(F)(F)F)cc2)c(C)o1. The van der Waals surface area contributed by atoms with E-state index in [2.05, 4.69) is 10.1 Å². The maximum Gasteiger partial charge on any atom is 0.422 e. The first kappa shape index (κ1) is 16.9. The fraction of sp³-hybridized carbons (Fsp3) is 0.312. The summed E-state index contributed by atoms with van der Waals surface area (Å²) in [7, 11) is 0. The molecular weight excluding hydrogens is 311 g/mol. The molecule has 0 aliphatic rings. The number of carbonyl (C=O) groups is 1. The molecule has 0 fully saturated rings. The van der Waals surface area contributed by atoms with Gasteiger partial charge in [-0.25, -0.2) is 0 Å². The van der Waals surface area contributed by atoms with E-state index in [9.17, 15) is 18.0 Å². The van der Waals surface area contributed by atoms with Crippen LogP contribution in [-0.2, 0) is 6.54 Å². The smallest absolute Gasteiger partial charge is 0.422 e. The molecule has 1 N–H and O–H groups in total. The van der Waals surface area contributed by atoms with E-state index >= 15 is 0 Å². The zero-order valence-corrected chi connectivity index (χ0v) is 12.7. The molecule has 4 nitrogen and oxygen atoms in total. The van der Waals surface area contributed by atoms with Crippen LogP contribution in [0.3, 0.4) is 0 Å². The van der Waals surface area contributed by atoms with Crippen molar-refractivity contribution in [3.63, 3.8) is 0 Å². The van der Waals surface area contributed by atoms with Crippen molar-refractivity contribution in [1.82, 2.24) is 5.32 Å². The Balaban J connectivity index is 1.89.